The fourth-order valence-corrected chi connectivity index (χ4v) is 2.86. The van der Waals surface area contributed by atoms with E-state index in [1.807, 2.05) is 0 Å². The summed E-state index contributed by atoms with van der Waals surface area (Å²) in [5.74, 6) is -5.18. The quantitative estimate of drug-likeness (QED) is 0.403. The largest absolute Gasteiger partial charge is 0.527 e. The Morgan fingerprint density at radius 2 is 1.57 bits per heavy atom. The third-order valence-corrected chi connectivity index (χ3v) is 3.71. The number of hydrogen-bond acceptors (Lipinski definition) is 1. The second-order valence-corrected chi connectivity index (χ2v) is 8.20. The minimum absolute atomic E-state index is 0.0383. The molecule has 119 valence electrons. The first kappa shape index (κ1) is 18.5. The predicted molar refractivity (Wildman–Crippen MR) is 63.6 cm³/mol. The van der Waals surface area contributed by atoms with Gasteiger partial charge in [0, 0.05) is 5.56 Å². The Kier molecular flexibility index (Phi) is 5.57. The predicted octanol–water partition coefficient (Wildman–Crippen LogP) is 4.96. The van der Waals surface area contributed by atoms with Crippen LogP contribution in [0.15, 0.2) is 24.3 Å². The lowest BCUT2D eigenvalue weighted by atomic mass is 10.1. The lowest BCUT2D eigenvalue weighted by Crippen LogP contribution is -2.44. The second-order valence-electron chi connectivity index (χ2n) is 3.85. The molecule has 0 aliphatic carbocycles. The molecule has 0 amide bonds. The summed E-state index contributed by atoms with van der Waals surface area (Å²) >= 11 is 11.0. The van der Waals surface area contributed by atoms with E-state index in [9.17, 15) is 30.7 Å². The van der Waals surface area contributed by atoms with E-state index >= 15 is 0 Å². The summed E-state index contributed by atoms with van der Waals surface area (Å²) in [4.78, 5) is 0. The van der Waals surface area contributed by atoms with Crippen LogP contribution in [-0.4, -0.2) is 19.9 Å². The molecule has 0 saturated carbocycles. The molecular weight excluding hydrogens is 368 g/mol. The Morgan fingerprint density at radius 3 is 2.05 bits per heavy atom. The van der Waals surface area contributed by atoms with Gasteiger partial charge < -0.3 is 0 Å². The van der Waals surface area contributed by atoms with E-state index in [1.54, 1.807) is 0 Å². The molecule has 1 aromatic rings. The second kappa shape index (κ2) is 6.31. The molecule has 1 nitrogen and oxygen atoms in total. The van der Waals surface area contributed by atoms with Crippen LogP contribution in [0.2, 0.25) is 0 Å². The van der Waals surface area contributed by atoms with Crippen molar-refractivity contribution < 1.29 is 35.5 Å². The molecule has 21 heavy (non-hydrogen) atoms. The normalized spacial score (nSPS) is 13.8. The topological polar surface area (TPSA) is 9.23 Å². The van der Waals surface area contributed by atoms with Gasteiger partial charge in [-0.05, 0) is 17.7 Å². The van der Waals surface area contributed by atoms with Crippen LogP contribution in [0.3, 0.4) is 0 Å². The van der Waals surface area contributed by atoms with Crippen molar-refractivity contribution in [3.63, 3.8) is 0 Å². The molecule has 0 spiro atoms. The summed E-state index contributed by atoms with van der Waals surface area (Å²) in [6.45, 7) is 0. The average Bonchev–Trinajstić information content (AvgIpc) is 2.24. The van der Waals surface area contributed by atoms with Gasteiger partial charge in [-0.1, -0.05) is 18.2 Å². The summed E-state index contributed by atoms with van der Waals surface area (Å²) in [5, 5.41) is 0. The fraction of sp³-hybridized carbons (Fsp3) is 0.400. The van der Waals surface area contributed by atoms with Crippen LogP contribution < -0.4 is 0 Å². The molecule has 0 unspecified atom stereocenters. The summed E-state index contributed by atoms with van der Waals surface area (Å²) in [7, 11) is -1.91. The monoisotopic (exact) mass is 373 g/mol. The number of benzene rings is 1. The summed E-state index contributed by atoms with van der Waals surface area (Å²) < 4.78 is 90.8. The molecule has 11 heteroatoms. The Bertz CT molecular complexity index is 493. The van der Waals surface area contributed by atoms with Crippen LogP contribution in [0.1, 0.15) is 11.1 Å². The van der Waals surface area contributed by atoms with Crippen molar-refractivity contribution in [1.82, 2.24) is 0 Å². The smallest absolute Gasteiger partial charge is 0.221 e. The lowest BCUT2D eigenvalue weighted by Gasteiger charge is -2.27. The molecule has 0 atom stereocenters. The number of hydrogen-bond donors (Lipinski definition) is 0. The zero-order chi connectivity index (χ0) is 16.5. The summed E-state index contributed by atoms with van der Waals surface area (Å²) in [6.07, 6.45) is -11.7. The van der Waals surface area contributed by atoms with E-state index < -0.39 is 31.4 Å². The molecule has 0 saturated heterocycles. The fourth-order valence-electron chi connectivity index (χ4n) is 1.41. The van der Waals surface area contributed by atoms with E-state index in [4.69, 9.17) is 22.2 Å². The molecule has 0 aliphatic rings. The van der Waals surface area contributed by atoms with Crippen LogP contribution >= 0.6 is 22.2 Å². The van der Waals surface area contributed by atoms with Crippen molar-refractivity contribution in [1.29, 1.82) is 0 Å². The van der Waals surface area contributed by atoms with E-state index in [0.717, 1.165) is 6.07 Å². The van der Waals surface area contributed by atoms with Gasteiger partial charge in [0.05, 0.1) is 0 Å². The molecule has 1 rings (SSSR count). The minimum Gasteiger partial charge on any atom is -0.221 e. The van der Waals surface area contributed by atoms with Gasteiger partial charge in [0.2, 0.25) is 0 Å². The third kappa shape index (κ3) is 5.01. The lowest BCUT2D eigenvalue weighted by molar-refractivity contribution is -0.469. The highest BCUT2D eigenvalue weighted by atomic mass is 35.7. The average molecular weight is 374 g/mol. The van der Waals surface area contributed by atoms with Crippen molar-refractivity contribution in [2.24, 2.45) is 0 Å². The van der Waals surface area contributed by atoms with Crippen LogP contribution in [0.4, 0.5) is 30.7 Å². The van der Waals surface area contributed by atoms with Gasteiger partial charge in [-0.25, -0.2) is 4.74 Å². The van der Waals surface area contributed by atoms with E-state index in [0.29, 0.717) is 12.1 Å². The standard InChI is InChI=1S/C10H6Cl2F7OSi/c11-21(12)5-6-2-1-3-7(4-6)8(13,14)9(15,16)20-10(17,18)19/h1-4H,5H2. The van der Waals surface area contributed by atoms with Gasteiger partial charge in [0.25, 0.3) is 7.42 Å². The maximum absolute atomic E-state index is 13.5. The Balaban J connectivity index is 3.11. The first-order chi connectivity index (χ1) is 9.35. The molecular formula is C10H6Cl2F7OSi. The number of alkyl halides is 7. The SMILES string of the molecule is FC(F)(F)OC(F)(F)C(F)(F)c1cccc(C[Si](Cl)Cl)c1. The van der Waals surface area contributed by atoms with Crippen molar-refractivity contribution in [2.75, 3.05) is 0 Å². The van der Waals surface area contributed by atoms with Gasteiger partial charge in [0.15, 0.2) is 0 Å². The molecule has 1 radical (unpaired) electrons. The number of halogens is 9. The Hall–Kier alpha value is -0.513. The molecule has 0 bridgehead atoms. The van der Waals surface area contributed by atoms with Gasteiger partial charge in [-0.3, -0.25) is 0 Å². The van der Waals surface area contributed by atoms with Gasteiger partial charge in [-0.2, -0.15) is 17.6 Å². The third-order valence-electron chi connectivity index (χ3n) is 2.24. The van der Waals surface area contributed by atoms with Crippen LogP contribution in [0.25, 0.3) is 0 Å². The van der Waals surface area contributed by atoms with Crippen molar-refractivity contribution >= 4 is 29.6 Å². The van der Waals surface area contributed by atoms with Gasteiger partial charge >= 0.3 is 18.4 Å². The highest BCUT2D eigenvalue weighted by molar-refractivity contribution is 7.33. The highest BCUT2D eigenvalue weighted by Crippen LogP contribution is 2.46. The molecule has 0 aromatic heterocycles. The maximum Gasteiger partial charge on any atom is 0.527 e. The van der Waals surface area contributed by atoms with Gasteiger partial charge in [-0.15, -0.1) is 35.3 Å². The van der Waals surface area contributed by atoms with Crippen molar-refractivity contribution in [3.05, 3.63) is 35.4 Å². The highest BCUT2D eigenvalue weighted by Gasteiger charge is 2.63. The van der Waals surface area contributed by atoms with Crippen LogP contribution in [0.5, 0.6) is 0 Å². The molecule has 0 aliphatic heterocycles. The first-order valence-electron chi connectivity index (χ1n) is 5.14. The number of ether oxygens (including phenoxy) is 1. The molecule has 0 N–H and O–H groups in total. The summed E-state index contributed by atoms with van der Waals surface area (Å²) in [5.41, 5.74) is -1.22. The minimum atomic E-state index is -5.91. The van der Waals surface area contributed by atoms with Gasteiger partial charge in [0.1, 0.15) is 0 Å². The molecule has 1 aromatic carbocycles. The zero-order valence-electron chi connectivity index (χ0n) is 9.83. The van der Waals surface area contributed by atoms with E-state index in [-0.39, 0.29) is 11.6 Å². The van der Waals surface area contributed by atoms with Crippen molar-refractivity contribution in [3.8, 4) is 0 Å². The Morgan fingerprint density at radius 1 is 1.00 bits per heavy atom. The molecule has 0 fully saturated rings. The van der Waals surface area contributed by atoms with Crippen molar-refractivity contribution in [2.45, 2.75) is 24.4 Å². The first-order valence-corrected chi connectivity index (χ1v) is 8.87. The number of rotatable bonds is 5. The maximum atomic E-state index is 13.5. The molecule has 0 heterocycles. The summed E-state index contributed by atoms with van der Waals surface area (Å²) in [6, 6.07) is 3.41. The Labute approximate surface area is 125 Å². The zero-order valence-corrected chi connectivity index (χ0v) is 12.3. The van der Waals surface area contributed by atoms with Crippen LogP contribution in [-0.2, 0) is 16.7 Å². The van der Waals surface area contributed by atoms with Crippen LogP contribution in [0, 0.1) is 0 Å². The van der Waals surface area contributed by atoms with E-state index in [1.165, 1.54) is 6.07 Å². The van der Waals surface area contributed by atoms with E-state index in [2.05, 4.69) is 4.74 Å².